The number of imidazole rings is 2. The van der Waals surface area contributed by atoms with E-state index < -0.39 is 36.3 Å². The van der Waals surface area contributed by atoms with E-state index in [-0.39, 0.29) is 35.7 Å². The average Bonchev–Trinajstić information content (AvgIpc) is 4.20. The molecule has 6 aromatic rings. The van der Waals surface area contributed by atoms with Gasteiger partial charge in [-0.25, -0.2) is 23.9 Å². The summed E-state index contributed by atoms with van der Waals surface area (Å²) in [6.07, 6.45) is 7.46. The summed E-state index contributed by atoms with van der Waals surface area (Å²) in [6.45, 7) is 8.58. The molecule has 16 nitrogen and oxygen atoms in total. The fourth-order valence-electron chi connectivity index (χ4n) is 10.9. The number of ether oxygens (including phenoxy) is 3. The van der Waals surface area contributed by atoms with Crippen LogP contribution < -0.4 is 15.4 Å². The average molecular weight is 940 g/mol. The van der Waals surface area contributed by atoms with Gasteiger partial charge in [0.2, 0.25) is 18.0 Å². The highest BCUT2D eigenvalue weighted by molar-refractivity contribution is 5.93. The molecule has 4 amide bonds. The molecule has 6 heterocycles. The number of nitrogens with one attached hydrogen (secondary N) is 4. The Kier molecular flexibility index (Phi) is 12.2. The molecule has 0 bridgehead atoms. The van der Waals surface area contributed by atoms with Gasteiger partial charge in [0.15, 0.2) is 0 Å². The van der Waals surface area contributed by atoms with E-state index in [0.717, 1.165) is 66.2 Å². The van der Waals surface area contributed by atoms with Crippen LogP contribution in [0, 0.1) is 17.7 Å². The molecule has 5 atom stereocenters. The number of carbonyl (C=O) groups is 4. The predicted octanol–water partition coefficient (Wildman–Crippen LogP) is 8.74. The molecule has 1 unspecified atom stereocenters. The molecule has 360 valence electrons. The van der Waals surface area contributed by atoms with Crippen LogP contribution in [0.4, 0.5) is 14.0 Å². The van der Waals surface area contributed by atoms with E-state index in [0.29, 0.717) is 59.4 Å². The van der Waals surface area contributed by atoms with Gasteiger partial charge in [0.25, 0.3) is 0 Å². The zero-order chi connectivity index (χ0) is 48.2. The van der Waals surface area contributed by atoms with Crippen molar-refractivity contribution in [3.8, 4) is 39.5 Å². The lowest BCUT2D eigenvalue weighted by Gasteiger charge is -2.32. The van der Waals surface area contributed by atoms with Gasteiger partial charge >= 0.3 is 12.2 Å². The number of aryl methyl sites for hydroxylation is 1. The van der Waals surface area contributed by atoms with Gasteiger partial charge < -0.3 is 49.2 Å². The standard InChI is InChI=1S/C52H58FN9O7/c1-27(2)44(58-51(65)67-5)48(63)60-19-9-15-39(60)46-54-25-36(56-46)30-17-18-38-32(21-30)23-41-43-35(53)22-31(24-42(43)69-50(62(38)41)34-14-8-12-29-11-7-13-33(29)34)37-26-55-47(57-37)40-16-10-20-61(40)49(64)45(28(3)4)59-52(66)68-6/h8,12,14,17-18,21-28,39-40,44-45,50H,7,9-11,13,15-16,19-20H2,1-6H3,(H,54,56)(H,55,57)(H,58,65)(H,59,66)/t39-,40-,44-,45-,50?/m0/s1. The van der Waals surface area contributed by atoms with Crippen LogP contribution in [0.2, 0.25) is 0 Å². The Morgan fingerprint density at radius 3 is 1.96 bits per heavy atom. The van der Waals surface area contributed by atoms with Crippen LogP contribution in [-0.4, -0.2) is 97.7 Å². The first-order chi connectivity index (χ1) is 33.3. The molecule has 69 heavy (non-hydrogen) atoms. The molecule has 17 heteroatoms. The molecule has 2 fully saturated rings. The van der Waals surface area contributed by atoms with Crippen molar-refractivity contribution in [2.75, 3.05) is 27.3 Å². The summed E-state index contributed by atoms with van der Waals surface area (Å²) < 4.78 is 35.7. The quantitative estimate of drug-likeness (QED) is 0.0985. The van der Waals surface area contributed by atoms with Crippen LogP contribution in [0.25, 0.3) is 44.7 Å². The minimum Gasteiger partial charge on any atom is -0.465 e. The second kappa shape index (κ2) is 18.4. The van der Waals surface area contributed by atoms with E-state index in [1.807, 2.05) is 52.0 Å². The van der Waals surface area contributed by atoms with Gasteiger partial charge in [0, 0.05) is 35.2 Å². The molecule has 10 rings (SSSR count). The highest BCUT2D eigenvalue weighted by Crippen LogP contribution is 2.49. The number of hydrogen-bond donors (Lipinski definition) is 4. The number of fused-ring (bicyclic) bond motifs is 6. The first kappa shape index (κ1) is 45.6. The predicted molar refractivity (Wildman–Crippen MR) is 255 cm³/mol. The first-order valence-corrected chi connectivity index (χ1v) is 24.0. The number of methoxy groups -OCH3 is 2. The van der Waals surface area contributed by atoms with Crippen molar-refractivity contribution >= 4 is 34.9 Å². The number of likely N-dealkylation sites (tertiary alicyclic amines) is 2. The van der Waals surface area contributed by atoms with Crippen LogP contribution >= 0.6 is 0 Å². The molecule has 1 aliphatic carbocycles. The maximum atomic E-state index is 17.0. The number of aromatic nitrogens is 5. The van der Waals surface area contributed by atoms with Gasteiger partial charge in [-0.15, -0.1) is 0 Å². The van der Waals surface area contributed by atoms with Crippen LogP contribution in [0.15, 0.2) is 67.0 Å². The maximum absolute atomic E-state index is 17.0. The highest BCUT2D eigenvalue weighted by atomic mass is 19.1. The van der Waals surface area contributed by atoms with E-state index in [1.54, 1.807) is 22.2 Å². The zero-order valence-electron chi connectivity index (χ0n) is 39.7. The highest BCUT2D eigenvalue weighted by Gasteiger charge is 2.40. The fraction of sp³-hybridized carbons (Fsp3) is 0.423. The number of aromatic amines is 2. The molecule has 3 aliphatic heterocycles. The lowest BCUT2D eigenvalue weighted by atomic mass is 9.99. The Morgan fingerprint density at radius 2 is 1.36 bits per heavy atom. The lowest BCUT2D eigenvalue weighted by Crippen LogP contribution is -2.51. The number of benzene rings is 3. The number of nitrogens with zero attached hydrogens (tertiary/aromatic N) is 5. The van der Waals surface area contributed by atoms with Gasteiger partial charge in [-0.3, -0.25) is 9.59 Å². The molecule has 0 spiro atoms. The van der Waals surface area contributed by atoms with Crippen molar-refractivity contribution in [1.82, 2.24) is 44.9 Å². The fourth-order valence-corrected chi connectivity index (χ4v) is 10.9. The summed E-state index contributed by atoms with van der Waals surface area (Å²) in [6, 6.07) is 15.7. The van der Waals surface area contributed by atoms with Crippen LogP contribution in [0.5, 0.6) is 5.75 Å². The maximum Gasteiger partial charge on any atom is 0.407 e. The number of hydrogen-bond acceptors (Lipinski definition) is 9. The summed E-state index contributed by atoms with van der Waals surface area (Å²) in [7, 11) is 2.55. The normalized spacial score (nSPS) is 19.3. The van der Waals surface area contributed by atoms with Crippen molar-refractivity contribution in [3.63, 3.8) is 0 Å². The number of carbonyl (C=O) groups excluding carboxylic acids is 4. The number of H-pyrrole nitrogens is 2. The molecule has 4 aliphatic rings. The summed E-state index contributed by atoms with van der Waals surface area (Å²) in [5, 5.41) is 6.29. The van der Waals surface area contributed by atoms with Crippen molar-refractivity contribution in [2.45, 2.75) is 103 Å². The molecule has 4 N–H and O–H groups in total. The third kappa shape index (κ3) is 8.24. The Hall–Kier alpha value is -7.17. The minimum atomic E-state index is -0.770. The van der Waals surface area contributed by atoms with Gasteiger partial charge in [-0.2, -0.15) is 0 Å². The summed E-state index contributed by atoms with van der Waals surface area (Å²) >= 11 is 0. The van der Waals surface area contributed by atoms with Crippen LogP contribution in [-0.2, 0) is 31.9 Å². The van der Waals surface area contributed by atoms with Crippen molar-refractivity contribution in [2.24, 2.45) is 11.8 Å². The molecular weight excluding hydrogens is 882 g/mol. The molecule has 0 saturated carbocycles. The second-order valence-corrected chi connectivity index (χ2v) is 19.3. The third-order valence-corrected chi connectivity index (χ3v) is 14.4. The van der Waals surface area contributed by atoms with E-state index >= 15 is 4.39 Å². The summed E-state index contributed by atoms with van der Waals surface area (Å²) in [5.41, 5.74) is 8.28. The Bertz CT molecular complexity index is 2970. The largest absolute Gasteiger partial charge is 0.465 e. The zero-order valence-corrected chi connectivity index (χ0v) is 39.7. The van der Waals surface area contributed by atoms with Crippen LogP contribution in [0.1, 0.15) is 106 Å². The minimum absolute atomic E-state index is 0.151. The van der Waals surface area contributed by atoms with Crippen molar-refractivity contribution in [1.29, 1.82) is 0 Å². The molecule has 3 aromatic heterocycles. The van der Waals surface area contributed by atoms with Gasteiger partial charge in [0.1, 0.15) is 35.3 Å². The number of halogens is 1. The Balaban J connectivity index is 0.981. The monoisotopic (exact) mass is 939 g/mol. The third-order valence-electron chi connectivity index (χ3n) is 14.4. The number of rotatable bonds is 11. The van der Waals surface area contributed by atoms with E-state index in [4.69, 9.17) is 24.2 Å². The van der Waals surface area contributed by atoms with Gasteiger partial charge in [-0.05, 0) is 98.2 Å². The van der Waals surface area contributed by atoms with E-state index in [9.17, 15) is 19.2 Å². The summed E-state index contributed by atoms with van der Waals surface area (Å²) in [4.78, 5) is 71.9. The molecule has 0 radical (unpaired) electrons. The van der Waals surface area contributed by atoms with E-state index in [2.05, 4.69) is 49.4 Å². The first-order valence-electron chi connectivity index (χ1n) is 24.0. The SMILES string of the molecule is COC(=O)N[C@H](C(=O)N1CCC[C@H]1c1ncc(-c2cc(F)c3c(c2)OC(c2cccc4c2CCC4)n2c-3cc3cc(-c4cnc([C@@H]5CCCN5C(=O)[C@@H](NC(=O)OC)C(C)C)[nH]4)ccc32)[nH]1)C(C)C. The Morgan fingerprint density at radius 1 is 0.754 bits per heavy atom. The Labute approximate surface area is 399 Å². The second-order valence-electron chi connectivity index (χ2n) is 19.3. The molecule has 3 aromatic carbocycles. The van der Waals surface area contributed by atoms with Crippen LogP contribution in [0.3, 0.4) is 0 Å². The molecular formula is C52H58FN9O7. The smallest absolute Gasteiger partial charge is 0.407 e. The number of alkyl carbamates (subject to hydrolysis) is 2. The number of amides is 4. The van der Waals surface area contributed by atoms with Gasteiger partial charge in [-0.1, -0.05) is 52.0 Å². The summed E-state index contributed by atoms with van der Waals surface area (Å²) in [5.74, 6) is 0.471. The topological polar surface area (TPSA) is 189 Å². The lowest BCUT2D eigenvalue weighted by molar-refractivity contribution is -0.136. The van der Waals surface area contributed by atoms with Crippen molar-refractivity contribution in [3.05, 3.63) is 101 Å². The van der Waals surface area contributed by atoms with E-state index in [1.165, 1.54) is 31.4 Å². The van der Waals surface area contributed by atoms with Crippen molar-refractivity contribution < 1.29 is 37.8 Å². The molecule has 2 saturated heterocycles. The van der Waals surface area contributed by atoms with Gasteiger partial charge in [0.05, 0.1) is 66.9 Å².